The summed E-state index contributed by atoms with van der Waals surface area (Å²) < 4.78 is 25.0. The molecule has 1 aromatic rings. The third-order valence-corrected chi connectivity index (χ3v) is 4.10. The lowest BCUT2D eigenvalue weighted by Gasteiger charge is -2.16. The van der Waals surface area contributed by atoms with Crippen LogP contribution in [0.25, 0.3) is 0 Å². The van der Waals surface area contributed by atoms with Gasteiger partial charge in [-0.3, -0.25) is 5.10 Å². The van der Waals surface area contributed by atoms with E-state index in [0.717, 1.165) is 0 Å². The van der Waals surface area contributed by atoms with Crippen LogP contribution in [0.2, 0.25) is 0 Å². The fourth-order valence-corrected chi connectivity index (χ4v) is 2.56. The van der Waals surface area contributed by atoms with E-state index in [1.807, 2.05) is 13.8 Å². The molecule has 0 atom stereocenters. The zero-order valence-corrected chi connectivity index (χ0v) is 10.7. The molecule has 0 aliphatic heterocycles. The Balaban J connectivity index is 2.55. The van der Waals surface area contributed by atoms with Gasteiger partial charge in [-0.25, -0.2) is 13.4 Å². The van der Waals surface area contributed by atoms with Crippen LogP contribution in [0.3, 0.4) is 0 Å². The first kappa shape index (κ1) is 13.1. The molecule has 0 amide bonds. The van der Waals surface area contributed by atoms with Crippen LogP contribution in [0.15, 0.2) is 6.33 Å². The van der Waals surface area contributed by atoms with Crippen LogP contribution in [0.1, 0.15) is 26.1 Å². The Morgan fingerprint density at radius 2 is 2.19 bits per heavy atom. The summed E-state index contributed by atoms with van der Waals surface area (Å²) in [5.74, 6) is 1.11. The second-order valence-corrected chi connectivity index (χ2v) is 6.38. The molecule has 0 saturated heterocycles. The lowest BCUT2D eigenvalue weighted by atomic mass is 10.2. The summed E-state index contributed by atoms with van der Waals surface area (Å²) in [5.41, 5.74) is 0. The Bertz CT molecular complexity index is 399. The Kier molecular flexibility index (Phi) is 4.43. The van der Waals surface area contributed by atoms with Crippen LogP contribution in [0, 0.1) is 5.92 Å². The van der Waals surface area contributed by atoms with Crippen LogP contribution in [-0.4, -0.2) is 40.7 Å². The molecule has 0 bridgehead atoms. The molecule has 6 nitrogen and oxygen atoms in total. The van der Waals surface area contributed by atoms with E-state index in [4.69, 9.17) is 0 Å². The van der Waals surface area contributed by atoms with E-state index in [-0.39, 0.29) is 12.3 Å². The zero-order valence-electron chi connectivity index (χ0n) is 9.84. The minimum absolute atomic E-state index is 0.176. The molecule has 92 valence electrons. The second-order valence-electron chi connectivity index (χ2n) is 4.19. The van der Waals surface area contributed by atoms with Gasteiger partial charge >= 0.3 is 0 Å². The lowest BCUT2D eigenvalue weighted by Crippen LogP contribution is -2.29. The van der Waals surface area contributed by atoms with Gasteiger partial charge in [-0.1, -0.05) is 13.8 Å². The van der Waals surface area contributed by atoms with Crippen molar-refractivity contribution >= 4 is 10.0 Å². The van der Waals surface area contributed by atoms with Crippen LogP contribution in [0.4, 0.5) is 0 Å². The third-order valence-electron chi connectivity index (χ3n) is 2.27. The molecule has 0 aliphatic rings. The van der Waals surface area contributed by atoms with Crippen LogP contribution >= 0.6 is 0 Å². The Hall–Kier alpha value is -0.950. The van der Waals surface area contributed by atoms with Crippen molar-refractivity contribution in [1.29, 1.82) is 0 Å². The van der Waals surface area contributed by atoms with Crippen molar-refractivity contribution in [3.8, 4) is 0 Å². The van der Waals surface area contributed by atoms with E-state index in [1.165, 1.54) is 10.6 Å². The van der Waals surface area contributed by atoms with Crippen molar-refractivity contribution in [2.45, 2.75) is 26.8 Å². The predicted molar refractivity (Wildman–Crippen MR) is 61.1 cm³/mol. The van der Waals surface area contributed by atoms with Crippen molar-refractivity contribution in [2.24, 2.45) is 5.92 Å². The predicted octanol–water partition coefficient (Wildman–Crippen LogP) is 0.612. The first-order valence-electron chi connectivity index (χ1n) is 5.20. The van der Waals surface area contributed by atoms with Crippen molar-refractivity contribution in [1.82, 2.24) is 19.5 Å². The molecule has 0 spiro atoms. The van der Waals surface area contributed by atoms with Crippen molar-refractivity contribution in [3.05, 3.63) is 12.2 Å². The average Bonchev–Trinajstić information content (AvgIpc) is 2.67. The highest BCUT2D eigenvalue weighted by Crippen LogP contribution is 2.08. The maximum atomic E-state index is 11.8. The van der Waals surface area contributed by atoms with Gasteiger partial charge in [-0.05, 0) is 12.3 Å². The summed E-state index contributed by atoms with van der Waals surface area (Å²) in [6.45, 7) is 4.25. The number of rotatable bonds is 6. The smallest absolute Gasteiger partial charge is 0.214 e. The van der Waals surface area contributed by atoms with Gasteiger partial charge in [0.05, 0.1) is 12.3 Å². The molecule has 0 aliphatic carbocycles. The number of hydrogen-bond acceptors (Lipinski definition) is 4. The first-order valence-corrected chi connectivity index (χ1v) is 6.81. The van der Waals surface area contributed by atoms with Crippen LogP contribution in [0.5, 0.6) is 0 Å². The van der Waals surface area contributed by atoms with Gasteiger partial charge in [-0.15, -0.1) is 0 Å². The zero-order chi connectivity index (χ0) is 12.2. The Labute approximate surface area is 96.1 Å². The number of nitrogens with one attached hydrogen (secondary N) is 1. The normalized spacial score (nSPS) is 12.6. The first-order chi connectivity index (χ1) is 7.42. The highest BCUT2D eigenvalue weighted by Gasteiger charge is 2.19. The maximum Gasteiger partial charge on any atom is 0.214 e. The summed E-state index contributed by atoms with van der Waals surface area (Å²) in [6, 6.07) is 0. The minimum atomic E-state index is -3.19. The Morgan fingerprint density at radius 3 is 2.69 bits per heavy atom. The van der Waals surface area contributed by atoms with Crippen molar-refractivity contribution < 1.29 is 8.42 Å². The van der Waals surface area contributed by atoms with E-state index in [2.05, 4.69) is 15.2 Å². The van der Waals surface area contributed by atoms with Gasteiger partial charge < -0.3 is 0 Å². The van der Waals surface area contributed by atoms with E-state index in [1.54, 1.807) is 7.05 Å². The molecule has 0 unspecified atom stereocenters. The van der Waals surface area contributed by atoms with Gasteiger partial charge in [0, 0.05) is 7.05 Å². The standard InChI is InChI=1S/C9H18N4O2S/c1-8(2)4-5-16(14,15)13(3)6-9-10-7-11-12-9/h7-8H,4-6H2,1-3H3,(H,10,11,12). The summed E-state index contributed by atoms with van der Waals surface area (Å²) in [7, 11) is -1.63. The monoisotopic (exact) mass is 246 g/mol. The molecule has 1 aromatic heterocycles. The molecular formula is C9H18N4O2S. The van der Waals surface area contributed by atoms with Crippen LogP contribution in [-0.2, 0) is 16.6 Å². The van der Waals surface area contributed by atoms with Crippen molar-refractivity contribution in [3.63, 3.8) is 0 Å². The number of aromatic amines is 1. The quantitative estimate of drug-likeness (QED) is 0.797. The summed E-state index contributed by atoms with van der Waals surface area (Å²) >= 11 is 0. The molecule has 0 saturated carbocycles. The van der Waals surface area contributed by atoms with Crippen molar-refractivity contribution in [2.75, 3.05) is 12.8 Å². The molecule has 7 heteroatoms. The number of nitrogens with zero attached hydrogens (tertiary/aromatic N) is 3. The minimum Gasteiger partial charge on any atom is -0.262 e. The topological polar surface area (TPSA) is 79.0 Å². The SMILES string of the molecule is CC(C)CCS(=O)(=O)N(C)Cc1ncn[nH]1. The van der Waals surface area contributed by atoms with Gasteiger partial charge in [0.25, 0.3) is 0 Å². The summed E-state index contributed by atoms with van der Waals surface area (Å²) in [6.07, 6.45) is 2.03. The summed E-state index contributed by atoms with van der Waals surface area (Å²) in [4.78, 5) is 3.89. The van der Waals surface area contributed by atoms with Gasteiger partial charge in [0.1, 0.15) is 12.2 Å². The van der Waals surface area contributed by atoms with E-state index in [9.17, 15) is 8.42 Å². The molecule has 1 rings (SSSR count). The van der Waals surface area contributed by atoms with Gasteiger partial charge in [-0.2, -0.15) is 9.40 Å². The molecule has 0 aromatic carbocycles. The molecule has 1 heterocycles. The molecule has 16 heavy (non-hydrogen) atoms. The number of hydrogen-bond donors (Lipinski definition) is 1. The molecule has 1 N–H and O–H groups in total. The second kappa shape index (κ2) is 5.40. The average molecular weight is 246 g/mol. The molecule has 0 fully saturated rings. The fraction of sp³-hybridized carbons (Fsp3) is 0.778. The van der Waals surface area contributed by atoms with E-state index in [0.29, 0.717) is 18.2 Å². The van der Waals surface area contributed by atoms with E-state index >= 15 is 0 Å². The summed E-state index contributed by atoms with van der Waals surface area (Å²) in [5, 5.41) is 6.31. The number of aromatic nitrogens is 3. The highest BCUT2D eigenvalue weighted by atomic mass is 32.2. The van der Waals surface area contributed by atoms with Gasteiger partial charge in [0.2, 0.25) is 10.0 Å². The maximum absolute atomic E-state index is 11.8. The Morgan fingerprint density at radius 1 is 1.50 bits per heavy atom. The van der Waals surface area contributed by atoms with E-state index < -0.39 is 10.0 Å². The number of H-pyrrole nitrogens is 1. The fourth-order valence-electron chi connectivity index (χ4n) is 1.16. The number of sulfonamides is 1. The lowest BCUT2D eigenvalue weighted by molar-refractivity contribution is 0.452. The largest absolute Gasteiger partial charge is 0.262 e. The molecular weight excluding hydrogens is 228 g/mol. The molecule has 0 radical (unpaired) electrons. The third kappa shape index (κ3) is 3.90. The van der Waals surface area contributed by atoms with Gasteiger partial charge in [0.15, 0.2) is 0 Å². The van der Waals surface area contributed by atoms with Crippen LogP contribution < -0.4 is 0 Å². The highest BCUT2D eigenvalue weighted by molar-refractivity contribution is 7.89.